The molecule has 0 aliphatic carbocycles. The number of benzene rings is 1. The number of aromatic nitrogens is 3. The highest BCUT2D eigenvalue weighted by Crippen LogP contribution is 2.25. The van der Waals surface area contributed by atoms with Gasteiger partial charge >= 0.3 is 6.09 Å². The average Bonchev–Trinajstić information content (AvgIpc) is 3.03. The van der Waals surface area contributed by atoms with Gasteiger partial charge in [-0.3, -0.25) is 4.90 Å². The lowest BCUT2D eigenvalue weighted by Gasteiger charge is -2.13. The highest BCUT2D eigenvalue weighted by atomic mass is 19.1. The van der Waals surface area contributed by atoms with Crippen molar-refractivity contribution in [2.75, 3.05) is 17.2 Å². The average molecular weight is 277 g/mol. The van der Waals surface area contributed by atoms with E-state index in [1.165, 1.54) is 17.0 Å². The van der Waals surface area contributed by atoms with Gasteiger partial charge in [0.1, 0.15) is 11.9 Å². The summed E-state index contributed by atoms with van der Waals surface area (Å²) in [5.74, 6) is -0.560. The molecule has 1 aromatic carbocycles. The Morgan fingerprint density at radius 1 is 1.50 bits per heavy atom. The van der Waals surface area contributed by atoms with Crippen LogP contribution in [0.25, 0.3) is 0 Å². The maximum absolute atomic E-state index is 13.4. The van der Waals surface area contributed by atoms with Crippen molar-refractivity contribution in [3.8, 4) is 0 Å². The highest BCUT2D eigenvalue weighted by molar-refractivity contribution is 5.89. The van der Waals surface area contributed by atoms with Gasteiger partial charge in [0, 0.05) is 6.20 Å². The van der Waals surface area contributed by atoms with Crippen LogP contribution in [-0.4, -0.2) is 33.7 Å². The van der Waals surface area contributed by atoms with Crippen molar-refractivity contribution in [3.63, 3.8) is 0 Å². The standard InChI is InChI=1S/C12H12FN5O2/c13-10-5-8(1-2-11(10)14)18-7-9(20-12(18)19)6-17-4-3-15-16-17/h1-5,9H,6-7,14H2/t9-/m1/s1. The molecule has 2 aromatic rings. The number of cyclic esters (lactones) is 1. The van der Waals surface area contributed by atoms with Crippen molar-refractivity contribution >= 4 is 17.5 Å². The second-order valence-electron chi connectivity index (χ2n) is 4.45. The second-order valence-corrected chi connectivity index (χ2v) is 4.45. The molecule has 2 heterocycles. The first kappa shape index (κ1) is 12.4. The smallest absolute Gasteiger partial charge is 0.414 e. The molecule has 1 aliphatic heterocycles. The maximum Gasteiger partial charge on any atom is 0.414 e. The number of hydrogen-bond acceptors (Lipinski definition) is 5. The highest BCUT2D eigenvalue weighted by Gasteiger charge is 2.33. The molecule has 0 bridgehead atoms. The van der Waals surface area contributed by atoms with E-state index in [4.69, 9.17) is 10.5 Å². The minimum Gasteiger partial charge on any atom is -0.442 e. The third kappa shape index (κ3) is 2.27. The van der Waals surface area contributed by atoms with Crippen LogP contribution in [0.5, 0.6) is 0 Å². The van der Waals surface area contributed by atoms with Gasteiger partial charge in [0.15, 0.2) is 0 Å². The fourth-order valence-electron chi connectivity index (χ4n) is 2.05. The van der Waals surface area contributed by atoms with Crippen LogP contribution in [-0.2, 0) is 11.3 Å². The van der Waals surface area contributed by atoms with E-state index in [1.807, 2.05) is 0 Å². The van der Waals surface area contributed by atoms with Crippen LogP contribution >= 0.6 is 0 Å². The van der Waals surface area contributed by atoms with Crippen molar-refractivity contribution in [1.82, 2.24) is 15.0 Å². The molecule has 1 aliphatic rings. The van der Waals surface area contributed by atoms with Crippen LogP contribution in [0.2, 0.25) is 0 Å². The molecule has 1 saturated heterocycles. The number of amides is 1. The number of carbonyl (C=O) groups excluding carboxylic acids is 1. The number of rotatable bonds is 3. The zero-order valence-corrected chi connectivity index (χ0v) is 10.4. The number of nitrogen functional groups attached to an aromatic ring is 1. The minimum absolute atomic E-state index is 0.0421. The number of nitrogens with two attached hydrogens (primary N) is 1. The molecule has 0 unspecified atom stereocenters. The molecule has 1 aromatic heterocycles. The van der Waals surface area contributed by atoms with Gasteiger partial charge in [-0.1, -0.05) is 5.21 Å². The number of anilines is 2. The van der Waals surface area contributed by atoms with Gasteiger partial charge in [-0.25, -0.2) is 13.9 Å². The molecule has 104 valence electrons. The monoisotopic (exact) mass is 277 g/mol. The summed E-state index contributed by atoms with van der Waals surface area (Å²) >= 11 is 0. The molecule has 1 amide bonds. The molecular formula is C12H12FN5O2. The third-order valence-corrected chi connectivity index (χ3v) is 3.03. The summed E-state index contributed by atoms with van der Waals surface area (Å²) in [5, 5.41) is 7.49. The summed E-state index contributed by atoms with van der Waals surface area (Å²) in [4.78, 5) is 13.2. The zero-order chi connectivity index (χ0) is 14.1. The van der Waals surface area contributed by atoms with E-state index in [0.29, 0.717) is 18.8 Å². The zero-order valence-electron chi connectivity index (χ0n) is 10.4. The first-order valence-corrected chi connectivity index (χ1v) is 6.01. The normalized spacial score (nSPS) is 18.4. The predicted octanol–water partition coefficient (Wildman–Crippen LogP) is 1.02. The molecule has 1 atom stereocenters. The Bertz CT molecular complexity index is 631. The topological polar surface area (TPSA) is 86.3 Å². The molecule has 0 saturated carbocycles. The van der Waals surface area contributed by atoms with E-state index in [2.05, 4.69) is 10.3 Å². The quantitative estimate of drug-likeness (QED) is 0.847. The Labute approximate surface area is 113 Å². The Balaban J connectivity index is 1.75. The van der Waals surface area contributed by atoms with E-state index < -0.39 is 11.9 Å². The molecule has 3 rings (SSSR count). The molecule has 0 spiro atoms. The first-order chi connectivity index (χ1) is 9.63. The summed E-state index contributed by atoms with van der Waals surface area (Å²) < 4.78 is 20.2. The van der Waals surface area contributed by atoms with Gasteiger partial charge in [-0.2, -0.15) is 0 Å². The Morgan fingerprint density at radius 2 is 2.35 bits per heavy atom. The third-order valence-electron chi connectivity index (χ3n) is 3.03. The van der Waals surface area contributed by atoms with E-state index in [1.54, 1.807) is 23.1 Å². The summed E-state index contributed by atoms with van der Waals surface area (Å²) in [6, 6.07) is 4.22. The van der Waals surface area contributed by atoms with E-state index in [0.717, 1.165) is 0 Å². The Morgan fingerprint density at radius 3 is 3.05 bits per heavy atom. The molecule has 8 heteroatoms. The second kappa shape index (κ2) is 4.80. The largest absolute Gasteiger partial charge is 0.442 e. The first-order valence-electron chi connectivity index (χ1n) is 6.01. The predicted molar refractivity (Wildman–Crippen MR) is 68.4 cm³/mol. The SMILES string of the molecule is Nc1ccc(N2C[C@@H](Cn3ccnn3)OC2=O)cc1F. The molecule has 20 heavy (non-hydrogen) atoms. The van der Waals surface area contributed by atoms with Crippen molar-refractivity contribution in [3.05, 3.63) is 36.4 Å². The van der Waals surface area contributed by atoms with Crippen LogP contribution < -0.4 is 10.6 Å². The minimum atomic E-state index is -0.560. The van der Waals surface area contributed by atoms with Crippen LogP contribution in [0.3, 0.4) is 0 Å². The molecule has 0 radical (unpaired) electrons. The number of ether oxygens (including phenoxy) is 1. The van der Waals surface area contributed by atoms with Crippen molar-refractivity contribution < 1.29 is 13.9 Å². The van der Waals surface area contributed by atoms with Crippen LogP contribution in [0.1, 0.15) is 0 Å². The molecule has 7 nitrogen and oxygen atoms in total. The summed E-state index contributed by atoms with van der Waals surface area (Å²) in [5.41, 5.74) is 5.87. The molecule has 2 N–H and O–H groups in total. The van der Waals surface area contributed by atoms with Gasteiger partial charge in [0.05, 0.1) is 30.7 Å². The van der Waals surface area contributed by atoms with Gasteiger partial charge in [0.2, 0.25) is 0 Å². The van der Waals surface area contributed by atoms with Gasteiger partial charge in [0.25, 0.3) is 0 Å². The summed E-state index contributed by atoms with van der Waals surface area (Å²) in [7, 11) is 0. The number of hydrogen-bond donors (Lipinski definition) is 1. The van der Waals surface area contributed by atoms with Gasteiger partial charge < -0.3 is 10.5 Å². The maximum atomic E-state index is 13.4. The Kier molecular flexibility index (Phi) is 2.97. The fourth-order valence-corrected chi connectivity index (χ4v) is 2.05. The number of carbonyl (C=O) groups is 1. The van der Waals surface area contributed by atoms with Gasteiger partial charge in [-0.05, 0) is 18.2 Å². The summed E-state index contributed by atoms with van der Waals surface area (Å²) in [6.45, 7) is 0.724. The van der Waals surface area contributed by atoms with Crippen molar-refractivity contribution in [2.45, 2.75) is 12.6 Å². The lowest BCUT2D eigenvalue weighted by atomic mass is 10.2. The van der Waals surface area contributed by atoms with Crippen LogP contribution in [0, 0.1) is 5.82 Å². The van der Waals surface area contributed by atoms with Crippen LogP contribution in [0.4, 0.5) is 20.6 Å². The molecular weight excluding hydrogens is 265 g/mol. The summed E-state index contributed by atoms with van der Waals surface area (Å²) in [6.07, 6.45) is 2.35. The number of nitrogens with zero attached hydrogens (tertiary/aromatic N) is 4. The van der Waals surface area contributed by atoms with E-state index in [-0.39, 0.29) is 11.8 Å². The lowest BCUT2D eigenvalue weighted by Crippen LogP contribution is -2.26. The van der Waals surface area contributed by atoms with Gasteiger partial charge in [-0.15, -0.1) is 5.10 Å². The van der Waals surface area contributed by atoms with E-state index >= 15 is 0 Å². The van der Waals surface area contributed by atoms with E-state index in [9.17, 15) is 9.18 Å². The number of halogens is 1. The lowest BCUT2D eigenvalue weighted by molar-refractivity contribution is 0.129. The van der Waals surface area contributed by atoms with Crippen molar-refractivity contribution in [1.29, 1.82) is 0 Å². The molecule has 1 fully saturated rings. The van der Waals surface area contributed by atoms with Crippen molar-refractivity contribution in [2.24, 2.45) is 0 Å². The Hall–Kier alpha value is -2.64. The van der Waals surface area contributed by atoms with Crippen LogP contribution in [0.15, 0.2) is 30.6 Å². The fraction of sp³-hybridized carbons (Fsp3) is 0.250.